The molecule has 1 heterocycles. The van der Waals surface area contributed by atoms with Crippen molar-refractivity contribution in [3.63, 3.8) is 0 Å². The molecule has 1 aliphatic heterocycles. The minimum atomic E-state index is -2.68. The summed E-state index contributed by atoms with van der Waals surface area (Å²) >= 11 is 5.92. The Morgan fingerprint density at radius 2 is 1.80 bits per heavy atom. The van der Waals surface area contributed by atoms with Gasteiger partial charge in [0.1, 0.15) is 0 Å². The lowest BCUT2D eigenvalue weighted by Crippen LogP contribution is -2.54. The number of hydrogen-bond acceptors (Lipinski definition) is 4. The molecular weight excluding hydrogens is 236 g/mol. The van der Waals surface area contributed by atoms with E-state index in [1.807, 2.05) is 20.8 Å². The summed E-state index contributed by atoms with van der Waals surface area (Å²) < 4.78 is 22.5. The Balaban J connectivity index is 2.69. The predicted octanol–water partition coefficient (Wildman–Crippen LogP) is 1.58. The average molecular weight is 255 g/mol. The Morgan fingerprint density at radius 1 is 1.27 bits per heavy atom. The molecule has 0 aliphatic carbocycles. The van der Waals surface area contributed by atoms with Gasteiger partial charge in [-0.05, 0) is 20.8 Å². The molecular formula is C9H19ClO4Si. The van der Waals surface area contributed by atoms with E-state index in [2.05, 4.69) is 0 Å². The van der Waals surface area contributed by atoms with Crippen molar-refractivity contribution in [2.45, 2.75) is 33.0 Å². The topological polar surface area (TPSA) is 36.9 Å². The van der Waals surface area contributed by atoms with Gasteiger partial charge in [0.05, 0.1) is 30.9 Å². The number of halogens is 1. The van der Waals surface area contributed by atoms with E-state index in [0.717, 1.165) is 0 Å². The first-order chi connectivity index (χ1) is 7.12. The molecule has 1 fully saturated rings. The second-order valence-electron chi connectivity index (χ2n) is 3.64. The lowest BCUT2D eigenvalue weighted by Gasteiger charge is -2.35. The van der Waals surface area contributed by atoms with Crippen LogP contribution in [0.4, 0.5) is 0 Å². The van der Waals surface area contributed by atoms with E-state index in [1.165, 1.54) is 0 Å². The van der Waals surface area contributed by atoms with Crippen molar-refractivity contribution in [3.05, 3.63) is 0 Å². The van der Waals surface area contributed by atoms with Crippen molar-refractivity contribution in [2.75, 3.05) is 25.3 Å². The van der Waals surface area contributed by atoms with Crippen LogP contribution in [0.25, 0.3) is 0 Å². The van der Waals surface area contributed by atoms with Gasteiger partial charge in [0.25, 0.3) is 0 Å². The van der Waals surface area contributed by atoms with E-state index in [0.29, 0.717) is 19.8 Å². The van der Waals surface area contributed by atoms with Crippen LogP contribution < -0.4 is 0 Å². The molecule has 1 rings (SSSR count). The molecule has 0 aromatic heterocycles. The van der Waals surface area contributed by atoms with Crippen molar-refractivity contribution in [3.8, 4) is 0 Å². The normalized spacial score (nSPS) is 38.4. The minimum absolute atomic E-state index is 0.0329. The van der Waals surface area contributed by atoms with Crippen LogP contribution in [-0.4, -0.2) is 46.3 Å². The first kappa shape index (κ1) is 13.4. The summed E-state index contributed by atoms with van der Waals surface area (Å²) in [7, 11) is -2.68. The zero-order chi connectivity index (χ0) is 11.3. The SMILES string of the molecule is CCO[Si]1(CCl)OC(C)COCC(C)O1. The number of alkyl halides is 1. The molecule has 15 heavy (non-hydrogen) atoms. The second kappa shape index (κ2) is 6.17. The van der Waals surface area contributed by atoms with Gasteiger partial charge in [0, 0.05) is 6.61 Å². The van der Waals surface area contributed by atoms with Crippen LogP contribution in [0.3, 0.4) is 0 Å². The van der Waals surface area contributed by atoms with Gasteiger partial charge in [-0.1, -0.05) is 0 Å². The Morgan fingerprint density at radius 3 is 2.20 bits per heavy atom. The molecule has 1 saturated heterocycles. The molecule has 0 amide bonds. The van der Waals surface area contributed by atoms with E-state index in [-0.39, 0.29) is 17.7 Å². The summed E-state index contributed by atoms with van der Waals surface area (Å²) in [4.78, 5) is 0. The van der Waals surface area contributed by atoms with E-state index in [1.54, 1.807) is 0 Å². The molecule has 0 spiro atoms. The standard InChI is InChI=1S/C9H19ClO4Si/c1-4-12-15(7-10)13-8(2)5-11-6-9(3)14-15/h8-9H,4-7H2,1-3H3. The van der Waals surface area contributed by atoms with Crippen LogP contribution in [0.1, 0.15) is 20.8 Å². The van der Waals surface area contributed by atoms with Gasteiger partial charge in [-0.2, -0.15) is 0 Å². The van der Waals surface area contributed by atoms with Gasteiger partial charge in [0.15, 0.2) is 0 Å². The third-order valence-electron chi connectivity index (χ3n) is 1.99. The van der Waals surface area contributed by atoms with Crippen LogP contribution >= 0.6 is 11.6 Å². The minimum Gasteiger partial charge on any atom is -0.376 e. The number of rotatable bonds is 3. The van der Waals surface area contributed by atoms with Gasteiger partial charge in [-0.3, -0.25) is 0 Å². The molecule has 2 unspecified atom stereocenters. The van der Waals surface area contributed by atoms with Crippen molar-refractivity contribution >= 4 is 20.4 Å². The van der Waals surface area contributed by atoms with E-state index >= 15 is 0 Å². The average Bonchev–Trinajstić information content (AvgIpc) is 2.15. The van der Waals surface area contributed by atoms with Gasteiger partial charge in [0.2, 0.25) is 0 Å². The van der Waals surface area contributed by atoms with Gasteiger partial charge < -0.3 is 18.0 Å². The third kappa shape index (κ3) is 4.01. The quantitative estimate of drug-likeness (QED) is 0.566. The Labute approximate surface area is 97.2 Å². The highest BCUT2D eigenvalue weighted by Gasteiger charge is 2.44. The Hall–Kier alpha value is 0.347. The van der Waals surface area contributed by atoms with Crippen LogP contribution in [0.15, 0.2) is 0 Å². The summed E-state index contributed by atoms with van der Waals surface area (Å²) in [6.45, 7) is 7.47. The fraction of sp³-hybridized carbons (Fsp3) is 1.00. The van der Waals surface area contributed by atoms with Crippen molar-refractivity contribution in [2.24, 2.45) is 0 Å². The zero-order valence-electron chi connectivity index (χ0n) is 9.49. The number of ether oxygens (including phenoxy) is 1. The fourth-order valence-corrected chi connectivity index (χ4v) is 4.30. The molecule has 90 valence electrons. The molecule has 0 bridgehead atoms. The smallest absolute Gasteiger partial charge is 0.376 e. The second-order valence-corrected chi connectivity index (χ2v) is 6.84. The summed E-state index contributed by atoms with van der Waals surface area (Å²) in [6, 6.07) is 0. The lowest BCUT2D eigenvalue weighted by atomic mass is 10.4. The van der Waals surface area contributed by atoms with Crippen molar-refractivity contribution in [1.82, 2.24) is 0 Å². The molecule has 0 aromatic rings. The lowest BCUT2D eigenvalue weighted by molar-refractivity contribution is -0.0690. The van der Waals surface area contributed by atoms with Crippen LogP contribution in [0.5, 0.6) is 0 Å². The summed E-state index contributed by atoms with van der Waals surface area (Å²) in [5.41, 5.74) is 0.287. The Bertz CT molecular complexity index is 181. The fourth-order valence-electron chi connectivity index (χ4n) is 1.50. The summed E-state index contributed by atoms with van der Waals surface area (Å²) in [5.74, 6) is 0. The maximum atomic E-state index is 5.92. The van der Waals surface area contributed by atoms with E-state index < -0.39 is 8.80 Å². The highest BCUT2D eigenvalue weighted by Crippen LogP contribution is 2.19. The first-order valence-corrected chi connectivity index (χ1v) is 7.72. The van der Waals surface area contributed by atoms with Crippen molar-refractivity contribution in [1.29, 1.82) is 0 Å². The van der Waals surface area contributed by atoms with Gasteiger partial charge >= 0.3 is 8.80 Å². The Kier molecular flexibility index (Phi) is 5.52. The zero-order valence-corrected chi connectivity index (χ0v) is 11.3. The summed E-state index contributed by atoms with van der Waals surface area (Å²) in [6.07, 6.45) is -0.0658. The molecule has 1 aliphatic rings. The molecule has 6 heteroatoms. The molecule has 4 nitrogen and oxygen atoms in total. The van der Waals surface area contributed by atoms with Crippen LogP contribution in [-0.2, 0) is 18.0 Å². The highest BCUT2D eigenvalue weighted by atomic mass is 35.5. The maximum absolute atomic E-state index is 5.92. The number of hydrogen-bond donors (Lipinski definition) is 0. The first-order valence-electron chi connectivity index (χ1n) is 5.25. The van der Waals surface area contributed by atoms with Gasteiger partial charge in [-0.15, -0.1) is 11.6 Å². The molecule has 0 N–H and O–H groups in total. The van der Waals surface area contributed by atoms with Crippen molar-refractivity contribution < 1.29 is 18.0 Å². The predicted molar refractivity (Wildman–Crippen MR) is 60.0 cm³/mol. The van der Waals surface area contributed by atoms with Crippen LogP contribution in [0.2, 0.25) is 0 Å². The maximum Gasteiger partial charge on any atom is 0.517 e. The highest BCUT2D eigenvalue weighted by molar-refractivity contribution is 6.69. The van der Waals surface area contributed by atoms with Gasteiger partial charge in [-0.25, -0.2) is 0 Å². The molecule has 2 atom stereocenters. The molecule has 0 saturated carbocycles. The molecule has 0 aromatic carbocycles. The largest absolute Gasteiger partial charge is 0.517 e. The van der Waals surface area contributed by atoms with E-state index in [9.17, 15) is 0 Å². The molecule has 0 radical (unpaired) electrons. The van der Waals surface area contributed by atoms with Crippen LogP contribution in [0, 0.1) is 0 Å². The third-order valence-corrected chi connectivity index (χ3v) is 5.56. The summed E-state index contributed by atoms with van der Waals surface area (Å²) in [5, 5.41) is 0. The van der Waals surface area contributed by atoms with E-state index in [4.69, 9.17) is 29.6 Å². The monoisotopic (exact) mass is 254 g/mol.